The molecule has 0 spiro atoms. The van der Waals surface area contributed by atoms with Gasteiger partial charge in [-0.2, -0.15) is 0 Å². The Bertz CT molecular complexity index is 513. The minimum Gasteiger partial charge on any atom is -0.375 e. The molecule has 0 radical (unpaired) electrons. The van der Waals surface area contributed by atoms with E-state index in [0.29, 0.717) is 22.2 Å². The van der Waals surface area contributed by atoms with E-state index in [4.69, 9.17) is 27.9 Å². The molecule has 21 heavy (non-hydrogen) atoms. The molecule has 0 aromatic heterocycles. The van der Waals surface area contributed by atoms with Gasteiger partial charge in [-0.25, -0.2) is 0 Å². The highest BCUT2D eigenvalue weighted by atomic mass is 35.5. The van der Waals surface area contributed by atoms with E-state index in [0.717, 1.165) is 18.7 Å². The number of benzene rings is 1. The first-order chi connectivity index (χ1) is 9.92. The second-order valence-electron chi connectivity index (χ2n) is 5.36. The molecule has 1 saturated heterocycles. The van der Waals surface area contributed by atoms with Gasteiger partial charge >= 0.3 is 0 Å². The molecule has 6 heteroatoms. The molecule has 1 aromatic rings. The Labute approximate surface area is 135 Å². The van der Waals surface area contributed by atoms with Crippen molar-refractivity contribution < 1.29 is 9.53 Å². The largest absolute Gasteiger partial charge is 0.375 e. The normalized spacial score (nSPS) is 22.5. The molecule has 0 bridgehead atoms. The number of rotatable bonds is 4. The van der Waals surface area contributed by atoms with E-state index in [1.807, 2.05) is 20.9 Å². The maximum Gasteiger partial charge on any atom is 0.251 e. The van der Waals surface area contributed by atoms with Crippen LogP contribution in [0.1, 0.15) is 22.8 Å². The molecule has 1 amide bonds. The maximum atomic E-state index is 12.4. The number of carbonyl (C=O) groups excluding carboxylic acids is 1. The van der Waals surface area contributed by atoms with Crippen LogP contribution in [-0.2, 0) is 4.74 Å². The van der Waals surface area contributed by atoms with Gasteiger partial charge in [0.2, 0.25) is 0 Å². The van der Waals surface area contributed by atoms with E-state index in [-0.39, 0.29) is 18.1 Å². The topological polar surface area (TPSA) is 41.6 Å². The first kappa shape index (κ1) is 16.6. The maximum absolute atomic E-state index is 12.4. The second-order valence-corrected chi connectivity index (χ2v) is 6.17. The van der Waals surface area contributed by atoms with E-state index in [2.05, 4.69) is 10.2 Å². The molecule has 1 heterocycles. The van der Waals surface area contributed by atoms with Crippen molar-refractivity contribution >= 4 is 29.1 Å². The van der Waals surface area contributed by atoms with Crippen molar-refractivity contribution in [1.82, 2.24) is 10.2 Å². The Morgan fingerprint density at radius 1 is 1.38 bits per heavy atom. The molecule has 4 nitrogen and oxygen atoms in total. The summed E-state index contributed by atoms with van der Waals surface area (Å²) in [6, 6.07) is 3.26. The van der Waals surface area contributed by atoms with Crippen molar-refractivity contribution in [3.05, 3.63) is 33.3 Å². The van der Waals surface area contributed by atoms with Crippen molar-refractivity contribution in [3.63, 3.8) is 0 Å². The molecule has 116 valence electrons. The number of halogens is 2. The molecule has 0 aliphatic carbocycles. The van der Waals surface area contributed by atoms with Crippen molar-refractivity contribution in [2.75, 3.05) is 26.7 Å². The molecular formula is C15H20Cl2N2O2. The van der Waals surface area contributed by atoms with Gasteiger partial charge < -0.3 is 15.0 Å². The van der Waals surface area contributed by atoms with Gasteiger partial charge in [-0.3, -0.25) is 4.79 Å². The standard InChI is InChI=1S/C15H20Cl2N2O2/c1-4-21-14-8-19(3)7-13(14)18-15(20)10-5-11(16)9(2)12(17)6-10/h5-6,13-14H,4,7-8H2,1-3H3,(H,18,20)/t13-,14-/m1/s1. The summed E-state index contributed by atoms with van der Waals surface area (Å²) in [5.74, 6) is -0.177. The molecule has 1 aromatic carbocycles. The highest BCUT2D eigenvalue weighted by Crippen LogP contribution is 2.25. The number of nitrogens with zero attached hydrogens (tertiary/aromatic N) is 1. The van der Waals surface area contributed by atoms with Crippen LogP contribution >= 0.6 is 23.2 Å². The van der Waals surface area contributed by atoms with Gasteiger partial charge in [0.25, 0.3) is 5.91 Å². The summed E-state index contributed by atoms with van der Waals surface area (Å²) in [4.78, 5) is 14.5. The summed E-state index contributed by atoms with van der Waals surface area (Å²) < 4.78 is 5.68. The fourth-order valence-corrected chi connectivity index (χ4v) is 3.00. The first-order valence-corrected chi connectivity index (χ1v) is 7.74. The summed E-state index contributed by atoms with van der Waals surface area (Å²) >= 11 is 12.2. The summed E-state index contributed by atoms with van der Waals surface area (Å²) in [6.45, 7) is 5.99. The number of carbonyl (C=O) groups is 1. The third-order valence-corrected chi connectivity index (χ3v) is 4.47. The lowest BCUT2D eigenvalue weighted by Gasteiger charge is -2.20. The van der Waals surface area contributed by atoms with E-state index < -0.39 is 0 Å². The Morgan fingerprint density at radius 3 is 2.57 bits per heavy atom. The summed E-state index contributed by atoms with van der Waals surface area (Å²) in [6.07, 6.45) is 0.0142. The van der Waals surface area contributed by atoms with Gasteiger partial charge in [0.15, 0.2) is 0 Å². The van der Waals surface area contributed by atoms with Crippen LogP contribution in [-0.4, -0.2) is 49.7 Å². The molecule has 2 rings (SSSR count). The van der Waals surface area contributed by atoms with Crippen molar-refractivity contribution in [3.8, 4) is 0 Å². The van der Waals surface area contributed by atoms with Crippen LogP contribution in [0.15, 0.2) is 12.1 Å². The number of hydrogen-bond acceptors (Lipinski definition) is 3. The Hall–Kier alpha value is -0.810. The van der Waals surface area contributed by atoms with Gasteiger partial charge in [-0.1, -0.05) is 23.2 Å². The quantitative estimate of drug-likeness (QED) is 0.922. The van der Waals surface area contributed by atoms with E-state index in [1.54, 1.807) is 12.1 Å². The number of hydrogen-bond donors (Lipinski definition) is 1. The molecule has 2 atom stereocenters. The molecule has 1 N–H and O–H groups in total. The predicted octanol–water partition coefficient (Wildman–Crippen LogP) is 2.75. The van der Waals surface area contributed by atoms with Gasteiger partial charge in [-0.05, 0) is 38.6 Å². The molecule has 0 saturated carbocycles. The molecular weight excluding hydrogens is 311 g/mol. The SMILES string of the molecule is CCO[C@@H]1CN(C)C[C@H]1NC(=O)c1cc(Cl)c(C)c(Cl)c1. The molecule has 1 aliphatic heterocycles. The number of amides is 1. The molecule has 1 aliphatic rings. The zero-order valence-corrected chi connectivity index (χ0v) is 14.0. The van der Waals surface area contributed by atoms with Gasteiger partial charge in [-0.15, -0.1) is 0 Å². The van der Waals surface area contributed by atoms with Gasteiger partial charge in [0.1, 0.15) is 0 Å². The number of likely N-dealkylation sites (N-methyl/N-ethyl adjacent to an activating group) is 1. The minimum absolute atomic E-state index is 0.0142. The van der Waals surface area contributed by atoms with E-state index in [9.17, 15) is 4.79 Å². The zero-order chi connectivity index (χ0) is 15.6. The van der Waals surface area contributed by atoms with Crippen LogP contribution < -0.4 is 5.32 Å². The summed E-state index contributed by atoms with van der Waals surface area (Å²) in [7, 11) is 2.01. The average molecular weight is 331 g/mol. The predicted molar refractivity (Wildman–Crippen MR) is 85.4 cm³/mol. The molecule has 0 unspecified atom stereocenters. The Balaban J connectivity index is 2.10. The summed E-state index contributed by atoms with van der Waals surface area (Å²) in [5.41, 5.74) is 1.25. The van der Waals surface area contributed by atoms with Crippen LogP contribution in [0.3, 0.4) is 0 Å². The minimum atomic E-state index is -0.177. The third-order valence-electron chi connectivity index (χ3n) is 3.69. The van der Waals surface area contributed by atoms with Gasteiger partial charge in [0, 0.05) is 35.3 Å². The number of ether oxygens (including phenoxy) is 1. The van der Waals surface area contributed by atoms with Crippen LogP contribution in [0.4, 0.5) is 0 Å². The van der Waals surface area contributed by atoms with E-state index >= 15 is 0 Å². The molecule has 1 fully saturated rings. The highest BCUT2D eigenvalue weighted by molar-refractivity contribution is 6.36. The van der Waals surface area contributed by atoms with Crippen molar-refractivity contribution in [2.45, 2.75) is 26.0 Å². The first-order valence-electron chi connectivity index (χ1n) is 6.99. The van der Waals surface area contributed by atoms with Gasteiger partial charge in [0.05, 0.1) is 12.1 Å². The van der Waals surface area contributed by atoms with Crippen LogP contribution in [0.2, 0.25) is 10.0 Å². The third kappa shape index (κ3) is 3.89. The lowest BCUT2D eigenvalue weighted by molar-refractivity contribution is 0.0513. The Morgan fingerprint density at radius 2 is 2.00 bits per heavy atom. The second kappa shape index (κ2) is 6.97. The number of likely N-dealkylation sites (tertiary alicyclic amines) is 1. The fraction of sp³-hybridized carbons (Fsp3) is 0.533. The number of nitrogens with one attached hydrogen (secondary N) is 1. The highest BCUT2D eigenvalue weighted by Gasteiger charge is 2.32. The Kier molecular flexibility index (Phi) is 5.49. The van der Waals surface area contributed by atoms with E-state index in [1.165, 1.54) is 0 Å². The lowest BCUT2D eigenvalue weighted by Crippen LogP contribution is -2.44. The van der Waals surface area contributed by atoms with Crippen molar-refractivity contribution in [2.24, 2.45) is 0 Å². The fourth-order valence-electron chi connectivity index (χ4n) is 2.51. The smallest absolute Gasteiger partial charge is 0.251 e. The lowest BCUT2D eigenvalue weighted by atomic mass is 10.1. The average Bonchev–Trinajstić information content (AvgIpc) is 2.75. The van der Waals surface area contributed by atoms with Crippen molar-refractivity contribution in [1.29, 1.82) is 0 Å². The van der Waals surface area contributed by atoms with Crippen LogP contribution in [0.25, 0.3) is 0 Å². The monoisotopic (exact) mass is 330 g/mol. The summed E-state index contributed by atoms with van der Waals surface area (Å²) in [5, 5.41) is 4.01. The zero-order valence-electron chi connectivity index (χ0n) is 12.5. The van der Waals surface area contributed by atoms with Crippen LogP contribution in [0, 0.1) is 6.92 Å². The van der Waals surface area contributed by atoms with Crippen LogP contribution in [0.5, 0.6) is 0 Å².